The first-order chi connectivity index (χ1) is 13.0. The van der Waals surface area contributed by atoms with Crippen LogP contribution in [0.25, 0.3) is 11.3 Å². The van der Waals surface area contributed by atoms with Crippen molar-refractivity contribution in [2.75, 3.05) is 17.6 Å². The molecule has 0 saturated carbocycles. The molecule has 3 heterocycles. The largest absolute Gasteiger partial charge is 0.465 e. The number of fused-ring (bicyclic) bond motifs is 1. The Bertz CT molecular complexity index is 1100. The second-order valence-corrected chi connectivity index (χ2v) is 9.34. The number of thioether (sulfide) groups is 1. The Labute approximate surface area is 164 Å². The second-order valence-electron chi connectivity index (χ2n) is 5.71. The monoisotopic (exact) mass is 421 g/mol. The number of nitrogens with zero attached hydrogens (tertiary/aromatic N) is 2. The van der Waals surface area contributed by atoms with Crippen molar-refractivity contribution >= 4 is 44.8 Å². The fourth-order valence-corrected chi connectivity index (χ4v) is 6.14. The standard InChI is InChI=1S/C17H15N3O4S3/c1-24-16(21)15-14(6-8-25-15)27(22,23)19-12-5-3-2-4-11(12)13-10-20-7-9-26-17(20)18-13/h2-6,8,10,19H,7,9H2,1H3. The SMILES string of the molecule is COC(=O)c1sccc1S(=O)(=O)Nc1ccccc1-c1cn2c(n1)SCC2. The lowest BCUT2D eigenvalue weighted by Crippen LogP contribution is -2.16. The fraction of sp³-hybridized carbons (Fsp3) is 0.176. The summed E-state index contributed by atoms with van der Waals surface area (Å²) in [6, 6.07) is 8.46. The van der Waals surface area contributed by atoms with Gasteiger partial charge in [-0.3, -0.25) is 4.72 Å². The third kappa shape index (κ3) is 3.35. The number of para-hydroxylation sites is 1. The first-order valence-electron chi connectivity index (χ1n) is 7.97. The van der Waals surface area contributed by atoms with Crippen LogP contribution >= 0.6 is 23.1 Å². The molecule has 1 aromatic carbocycles. The number of esters is 1. The summed E-state index contributed by atoms with van der Waals surface area (Å²) in [5.41, 5.74) is 1.79. The fourth-order valence-electron chi connectivity index (χ4n) is 2.79. The zero-order valence-corrected chi connectivity index (χ0v) is 16.7. The van der Waals surface area contributed by atoms with Gasteiger partial charge in [0.25, 0.3) is 10.0 Å². The second kappa shape index (κ2) is 7.02. The molecule has 0 unspecified atom stereocenters. The summed E-state index contributed by atoms with van der Waals surface area (Å²) in [7, 11) is -2.74. The Balaban J connectivity index is 1.71. The number of imidazole rings is 1. The van der Waals surface area contributed by atoms with Crippen molar-refractivity contribution in [3.8, 4) is 11.3 Å². The maximum absolute atomic E-state index is 12.9. The number of anilines is 1. The topological polar surface area (TPSA) is 90.3 Å². The Morgan fingerprint density at radius 1 is 1.30 bits per heavy atom. The zero-order valence-electron chi connectivity index (χ0n) is 14.2. The number of carbonyl (C=O) groups is 1. The first kappa shape index (κ1) is 18.1. The summed E-state index contributed by atoms with van der Waals surface area (Å²) in [4.78, 5) is 16.4. The average Bonchev–Trinajstić information content (AvgIpc) is 3.36. The van der Waals surface area contributed by atoms with Crippen LogP contribution in [0.5, 0.6) is 0 Å². The van der Waals surface area contributed by atoms with Crippen LogP contribution in [-0.2, 0) is 21.3 Å². The molecule has 0 aliphatic carbocycles. The van der Waals surface area contributed by atoms with Gasteiger partial charge in [0.1, 0.15) is 9.77 Å². The molecule has 3 aromatic rings. The number of hydrogen-bond donors (Lipinski definition) is 1. The van der Waals surface area contributed by atoms with Gasteiger partial charge in [-0.05, 0) is 17.5 Å². The van der Waals surface area contributed by atoms with Crippen LogP contribution in [0.3, 0.4) is 0 Å². The zero-order chi connectivity index (χ0) is 19.0. The number of sulfonamides is 1. The molecule has 0 saturated heterocycles. The number of thiophene rings is 1. The summed E-state index contributed by atoms with van der Waals surface area (Å²) in [6.45, 7) is 0.887. The van der Waals surface area contributed by atoms with Crippen molar-refractivity contribution in [2.45, 2.75) is 16.6 Å². The van der Waals surface area contributed by atoms with Gasteiger partial charge in [0.05, 0.1) is 18.5 Å². The van der Waals surface area contributed by atoms with Gasteiger partial charge in [-0.1, -0.05) is 30.0 Å². The van der Waals surface area contributed by atoms with Crippen LogP contribution < -0.4 is 4.72 Å². The van der Waals surface area contributed by atoms with E-state index < -0.39 is 16.0 Å². The maximum atomic E-state index is 12.9. The quantitative estimate of drug-likeness (QED) is 0.636. The van der Waals surface area contributed by atoms with Gasteiger partial charge in [-0.2, -0.15) is 0 Å². The molecule has 1 aliphatic heterocycles. The van der Waals surface area contributed by atoms with Crippen LogP contribution in [-0.4, -0.2) is 36.8 Å². The summed E-state index contributed by atoms with van der Waals surface area (Å²) in [6.07, 6.45) is 1.92. The highest BCUT2D eigenvalue weighted by molar-refractivity contribution is 7.99. The number of hydrogen-bond acceptors (Lipinski definition) is 7. The maximum Gasteiger partial charge on any atom is 0.349 e. The van der Waals surface area contributed by atoms with Crippen molar-refractivity contribution in [2.24, 2.45) is 0 Å². The molecule has 1 N–H and O–H groups in total. The van der Waals surface area contributed by atoms with E-state index in [0.717, 1.165) is 28.8 Å². The Hall–Kier alpha value is -2.30. The third-order valence-electron chi connectivity index (χ3n) is 4.04. The highest BCUT2D eigenvalue weighted by atomic mass is 32.2. The van der Waals surface area contributed by atoms with Crippen molar-refractivity contribution in [1.29, 1.82) is 0 Å². The van der Waals surface area contributed by atoms with Gasteiger partial charge in [-0.15, -0.1) is 11.3 Å². The number of aromatic nitrogens is 2. The molecule has 10 heteroatoms. The molecular weight excluding hydrogens is 406 g/mol. The van der Waals surface area contributed by atoms with Crippen LogP contribution in [0.1, 0.15) is 9.67 Å². The number of aryl methyl sites for hydroxylation is 1. The molecule has 1 aliphatic rings. The third-order valence-corrected chi connectivity index (χ3v) is 7.44. The predicted molar refractivity (Wildman–Crippen MR) is 105 cm³/mol. The lowest BCUT2D eigenvalue weighted by atomic mass is 10.1. The highest BCUT2D eigenvalue weighted by Crippen LogP contribution is 2.34. The van der Waals surface area contributed by atoms with E-state index in [9.17, 15) is 13.2 Å². The molecule has 27 heavy (non-hydrogen) atoms. The number of benzene rings is 1. The average molecular weight is 422 g/mol. The molecule has 0 bridgehead atoms. The minimum atomic E-state index is -3.96. The summed E-state index contributed by atoms with van der Waals surface area (Å²) in [5.74, 6) is 0.312. The minimum Gasteiger partial charge on any atom is -0.465 e. The Kier molecular flexibility index (Phi) is 4.70. The molecule has 4 rings (SSSR count). The summed E-state index contributed by atoms with van der Waals surface area (Å²) in [5, 5.41) is 2.47. The van der Waals surface area contributed by atoms with Crippen molar-refractivity contribution < 1.29 is 17.9 Å². The van der Waals surface area contributed by atoms with E-state index in [1.165, 1.54) is 13.2 Å². The summed E-state index contributed by atoms with van der Waals surface area (Å²) < 4.78 is 35.1. The van der Waals surface area contributed by atoms with Crippen LogP contribution in [0.15, 0.2) is 52.0 Å². The van der Waals surface area contributed by atoms with Crippen molar-refractivity contribution in [1.82, 2.24) is 9.55 Å². The normalized spacial score (nSPS) is 13.4. The first-order valence-corrected chi connectivity index (χ1v) is 11.3. The number of methoxy groups -OCH3 is 1. The van der Waals surface area contributed by atoms with E-state index in [-0.39, 0.29) is 9.77 Å². The molecule has 7 nitrogen and oxygen atoms in total. The molecule has 0 radical (unpaired) electrons. The van der Waals surface area contributed by atoms with Gasteiger partial charge in [0.15, 0.2) is 5.16 Å². The van der Waals surface area contributed by atoms with Gasteiger partial charge in [-0.25, -0.2) is 18.2 Å². The number of rotatable bonds is 5. The van der Waals surface area contributed by atoms with Crippen molar-refractivity contribution in [3.05, 3.63) is 46.8 Å². The molecule has 0 fully saturated rings. The molecule has 0 spiro atoms. The number of carbonyl (C=O) groups excluding carboxylic acids is 1. The molecule has 0 amide bonds. The molecule has 140 valence electrons. The Morgan fingerprint density at radius 3 is 2.89 bits per heavy atom. The van der Waals surface area contributed by atoms with E-state index >= 15 is 0 Å². The van der Waals surface area contributed by atoms with E-state index in [1.807, 2.05) is 18.3 Å². The highest BCUT2D eigenvalue weighted by Gasteiger charge is 2.26. The van der Waals surface area contributed by atoms with Crippen LogP contribution in [0.2, 0.25) is 0 Å². The predicted octanol–water partition coefficient (Wildman–Crippen LogP) is 3.30. The van der Waals surface area contributed by atoms with E-state index in [0.29, 0.717) is 16.9 Å². The van der Waals surface area contributed by atoms with E-state index in [1.54, 1.807) is 29.3 Å². The van der Waals surface area contributed by atoms with E-state index in [4.69, 9.17) is 0 Å². The van der Waals surface area contributed by atoms with Crippen molar-refractivity contribution in [3.63, 3.8) is 0 Å². The van der Waals surface area contributed by atoms with Gasteiger partial charge in [0, 0.05) is 24.1 Å². The van der Waals surface area contributed by atoms with Gasteiger partial charge < -0.3 is 9.30 Å². The molecule has 0 atom stereocenters. The lowest BCUT2D eigenvalue weighted by Gasteiger charge is -2.11. The number of ether oxygens (including phenoxy) is 1. The van der Waals surface area contributed by atoms with E-state index in [2.05, 4.69) is 19.0 Å². The van der Waals surface area contributed by atoms with Gasteiger partial charge in [0.2, 0.25) is 0 Å². The smallest absolute Gasteiger partial charge is 0.349 e. The summed E-state index contributed by atoms with van der Waals surface area (Å²) >= 11 is 2.70. The minimum absolute atomic E-state index is 0.0415. The van der Waals surface area contributed by atoms with Gasteiger partial charge >= 0.3 is 5.97 Å². The Morgan fingerprint density at radius 2 is 2.11 bits per heavy atom. The van der Waals surface area contributed by atoms with Crippen LogP contribution in [0.4, 0.5) is 5.69 Å². The number of nitrogens with one attached hydrogen (secondary N) is 1. The molecular formula is C17H15N3O4S3. The lowest BCUT2D eigenvalue weighted by molar-refractivity contribution is 0.0602. The molecule has 2 aromatic heterocycles. The van der Waals surface area contributed by atoms with Crippen LogP contribution in [0, 0.1) is 0 Å².